The molecule has 2 aromatic heterocycles. The van der Waals surface area contributed by atoms with Crippen LogP contribution in [0.2, 0.25) is 0 Å². The lowest BCUT2D eigenvalue weighted by molar-refractivity contribution is 0.470. The minimum Gasteiger partial charge on any atom is -0.369 e. The maximum absolute atomic E-state index is 4.93. The summed E-state index contributed by atoms with van der Waals surface area (Å²) in [5, 5.41) is 8.42. The van der Waals surface area contributed by atoms with E-state index in [4.69, 9.17) is 5.10 Å². The summed E-state index contributed by atoms with van der Waals surface area (Å²) in [7, 11) is 0. The van der Waals surface area contributed by atoms with Crippen molar-refractivity contribution >= 4 is 21.7 Å². The number of pyridine rings is 1. The Balaban J connectivity index is 2.04. The number of hydrogen-bond donors (Lipinski definition) is 1. The monoisotopic (exact) mass is 348 g/mol. The number of rotatable bonds is 4. The lowest BCUT2D eigenvalue weighted by Crippen LogP contribution is -2.24. The van der Waals surface area contributed by atoms with Gasteiger partial charge in [-0.15, -0.1) is 0 Å². The van der Waals surface area contributed by atoms with E-state index in [0.717, 1.165) is 36.1 Å². The van der Waals surface area contributed by atoms with Gasteiger partial charge in [-0.3, -0.25) is 4.98 Å². The Morgan fingerprint density at radius 1 is 1.43 bits per heavy atom. The molecular weight excluding hydrogens is 328 g/mol. The third-order valence-corrected chi connectivity index (χ3v) is 5.11. The molecule has 1 aliphatic rings. The lowest BCUT2D eigenvalue weighted by atomic mass is 10.00. The summed E-state index contributed by atoms with van der Waals surface area (Å²) < 4.78 is 3.27. The summed E-state index contributed by atoms with van der Waals surface area (Å²) >= 11 is 3.76. The topological polar surface area (TPSA) is 42.7 Å². The van der Waals surface area contributed by atoms with E-state index in [1.54, 1.807) is 0 Å². The molecule has 0 saturated carbocycles. The van der Waals surface area contributed by atoms with Gasteiger partial charge in [0.05, 0.1) is 16.2 Å². The van der Waals surface area contributed by atoms with Crippen LogP contribution in [0.25, 0.3) is 0 Å². The van der Waals surface area contributed by atoms with Gasteiger partial charge in [-0.1, -0.05) is 19.9 Å². The van der Waals surface area contributed by atoms with Crippen LogP contribution >= 0.6 is 15.9 Å². The molecule has 1 atom stereocenters. The van der Waals surface area contributed by atoms with Crippen LogP contribution in [-0.4, -0.2) is 21.3 Å². The van der Waals surface area contributed by atoms with Crippen LogP contribution in [0.15, 0.2) is 29.0 Å². The molecule has 0 aliphatic carbocycles. The van der Waals surface area contributed by atoms with E-state index in [1.165, 1.54) is 11.3 Å². The molecule has 5 heteroatoms. The van der Waals surface area contributed by atoms with Crippen LogP contribution in [0.5, 0.6) is 0 Å². The zero-order chi connectivity index (χ0) is 14.8. The molecule has 2 aromatic rings. The fourth-order valence-electron chi connectivity index (χ4n) is 3.08. The van der Waals surface area contributed by atoms with Crippen molar-refractivity contribution in [3.63, 3.8) is 0 Å². The fourth-order valence-corrected chi connectivity index (χ4v) is 3.81. The largest absolute Gasteiger partial charge is 0.369 e. The Kier molecular flexibility index (Phi) is 4.29. The number of hydrogen-bond acceptors (Lipinski definition) is 3. The smallest absolute Gasteiger partial charge is 0.139 e. The van der Waals surface area contributed by atoms with Gasteiger partial charge in [0.2, 0.25) is 0 Å². The number of nitrogens with one attached hydrogen (secondary N) is 1. The van der Waals surface area contributed by atoms with Crippen molar-refractivity contribution in [2.45, 2.75) is 45.1 Å². The Morgan fingerprint density at radius 3 is 2.90 bits per heavy atom. The summed E-state index contributed by atoms with van der Waals surface area (Å²) in [6, 6.07) is 4.41. The van der Waals surface area contributed by atoms with Gasteiger partial charge in [-0.25, -0.2) is 4.68 Å². The molecule has 0 saturated heterocycles. The molecule has 4 nitrogen and oxygen atoms in total. The van der Waals surface area contributed by atoms with Crippen molar-refractivity contribution in [3.8, 4) is 0 Å². The molecule has 3 heterocycles. The second kappa shape index (κ2) is 6.18. The standard InChI is InChI=1S/C16H21BrN4/c1-3-11(4-2)15-14(17)16-19-9-7-13(21(16)20-15)12-6-5-8-18-10-12/h5-6,8,10-11,13,19H,3-4,7,9H2,1-2H3. The number of halogens is 1. The number of anilines is 1. The van der Waals surface area contributed by atoms with E-state index < -0.39 is 0 Å². The van der Waals surface area contributed by atoms with Crippen LogP contribution in [0, 0.1) is 0 Å². The van der Waals surface area contributed by atoms with Crippen molar-refractivity contribution in [2.24, 2.45) is 0 Å². The number of aromatic nitrogens is 3. The molecule has 1 unspecified atom stereocenters. The van der Waals surface area contributed by atoms with Crippen molar-refractivity contribution in [1.82, 2.24) is 14.8 Å². The first kappa shape index (κ1) is 14.6. The Hall–Kier alpha value is -1.36. The summed E-state index contributed by atoms with van der Waals surface area (Å²) in [5.41, 5.74) is 2.41. The number of fused-ring (bicyclic) bond motifs is 1. The van der Waals surface area contributed by atoms with Crippen molar-refractivity contribution in [3.05, 3.63) is 40.3 Å². The zero-order valence-corrected chi connectivity index (χ0v) is 14.1. The molecule has 1 aliphatic heterocycles. The molecule has 0 amide bonds. The molecule has 3 rings (SSSR count). The summed E-state index contributed by atoms with van der Waals surface area (Å²) in [6.45, 7) is 5.42. The first-order valence-electron chi connectivity index (χ1n) is 7.67. The normalized spacial score (nSPS) is 17.6. The highest BCUT2D eigenvalue weighted by atomic mass is 79.9. The molecule has 112 valence electrons. The third kappa shape index (κ3) is 2.59. The molecule has 0 spiro atoms. The van der Waals surface area contributed by atoms with Crippen LogP contribution in [0.3, 0.4) is 0 Å². The number of nitrogens with zero attached hydrogens (tertiary/aromatic N) is 3. The van der Waals surface area contributed by atoms with Crippen molar-refractivity contribution in [1.29, 1.82) is 0 Å². The summed E-state index contributed by atoms with van der Waals surface area (Å²) in [5.74, 6) is 1.62. The van der Waals surface area contributed by atoms with Gasteiger partial charge < -0.3 is 5.32 Å². The van der Waals surface area contributed by atoms with Gasteiger partial charge in [-0.2, -0.15) is 5.10 Å². The Bertz CT molecular complexity index is 604. The van der Waals surface area contributed by atoms with Gasteiger partial charge >= 0.3 is 0 Å². The second-order valence-electron chi connectivity index (χ2n) is 5.52. The van der Waals surface area contributed by atoms with Crippen LogP contribution in [-0.2, 0) is 0 Å². The highest BCUT2D eigenvalue weighted by Gasteiger charge is 2.28. The average molecular weight is 349 g/mol. The molecular formula is C16H21BrN4. The first-order chi connectivity index (χ1) is 10.3. The lowest BCUT2D eigenvalue weighted by Gasteiger charge is -2.25. The van der Waals surface area contributed by atoms with Crippen LogP contribution < -0.4 is 5.32 Å². The Morgan fingerprint density at radius 2 is 2.24 bits per heavy atom. The van der Waals surface area contributed by atoms with Gasteiger partial charge in [0, 0.05) is 24.9 Å². The maximum atomic E-state index is 4.93. The molecule has 21 heavy (non-hydrogen) atoms. The van der Waals surface area contributed by atoms with Gasteiger partial charge in [0.25, 0.3) is 0 Å². The Labute approximate surface area is 134 Å². The quantitative estimate of drug-likeness (QED) is 0.892. The molecule has 0 radical (unpaired) electrons. The third-order valence-electron chi connectivity index (χ3n) is 4.32. The van der Waals surface area contributed by atoms with E-state index in [-0.39, 0.29) is 6.04 Å². The highest BCUT2D eigenvalue weighted by molar-refractivity contribution is 9.10. The van der Waals surface area contributed by atoms with Gasteiger partial charge in [0.15, 0.2) is 0 Å². The summed E-state index contributed by atoms with van der Waals surface area (Å²) in [6.07, 6.45) is 7.04. The summed E-state index contributed by atoms with van der Waals surface area (Å²) in [4.78, 5) is 4.26. The highest BCUT2D eigenvalue weighted by Crippen LogP contribution is 2.39. The van der Waals surface area contributed by atoms with E-state index in [1.807, 2.05) is 18.5 Å². The predicted octanol–water partition coefficient (Wildman–Crippen LogP) is 4.35. The van der Waals surface area contributed by atoms with Crippen molar-refractivity contribution < 1.29 is 0 Å². The zero-order valence-electron chi connectivity index (χ0n) is 12.5. The minimum atomic E-state index is 0.273. The van der Waals surface area contributed by atoms with Gasteiger partial charge in [-0.05, 0) is 46.8 Å². The second-order valence-corrected chi connectivity index (χ2v) is 6.32. The first-order valence-corrected chi connectivity index (χ1v) is 8.47. The van der Waals surface area contributed by atoms with Crippen LogP contribution in [0.1, 0.15) is 56.3 Å². The fraction of sp³-hybridized carbons (Fsp3) is 0.500. The molecule has 0 fully saturated rings. The SMILES string of the molecule is CCC(CC)c1nn2c(c1Br)NCCC2c1cccnc1. The van der Waals surface area contributed by atoms with E-state index in [2.05, 4.69) is 50.8 Å². The predicted molar refractivity (Wildman–Crippen MR) is 88.7 cm³/mol. The van der Waals surface area contributed by atoms with Gasteiger partial charge in [0.1, 0.15) is 5.82 Å². The minimum absolute atomic E-state index is 0.273. The average Bonchev–Trinajstić information content (AvgIpc) is 2.87. The van der Waals surface area contributed by atoms with E-state index >= 15 is 0 Å². The molecule has 0 aromatic carbocycles. The van der Waals surface area contributed by atoms with E-state index in [0.29, 0.717) is 5.92 Å². The van der Waals surface area contributed by atoms with Crippen LogP contribution in [0.4, 0.5) is 5.82 Å². The van der Waals surface area contributed by atoms with Crippen molar-refractivity contribution in [2.75, 3.05) is 11.9 Å². The molecule has 0 bridgehead atoms. The maximum Gasteiger partial charge on any atom is 0.139 e. The van der Waals surface area contributed by atoms with E-state index in [9.17, 15) is 0 Å². The molecule has 1 N–H and O–H groups in total.